The first-order valence-electron chi connectivity index (χ1n) is 6.35. The van der Waals surface area contributed by atoms with E-state index in [-0.39, 0.29) is 6.04 Å². The molecule has 1 unspecified atom stereocenters. The van der Waals surface area contributed by atoms with Crippen LogP contribution in [0.3, 0.4) is 0 Å². The van der Waals surface area contributed by atoms with E-state index in [4.69, 9.17) is 4.74 Å². The van der Waals surface area contributed by atoms with Gasteiger partial charge in [-0.1, -0.05) is 37.3 Å². The molecule has 4 heteroatoms. The Balaban J connectivity index is 2.31. The van der Waals surface area contributed by atoms with Gasteiger partial charge in [0.1, 0.15) is 6.61 Å². The van der Waals surface area contributed by atoms with Crippen molar-refractivity contribution < 1.29 is 13.5 Å². The molecule has 0 saturated heterocycles. The maximum Gasteiger partial charge on any atom is 0.261 e. The van der Waals surface area contributed by atoms with E-state index in [2.05, 4.69) is 17.4 Å². The molecule has 0 saturated carbocycles. The molecule has 0 aromatic heterocycles. The highest BCUT2D eigenvalue weighted by molar-refractivity contribution is 5.15. The highest BCUT2D eigenvalue weighted by atomic mass is 19.3. The smallest absolute Gasteiger partial charge is 0.261 e. The van der Waals surface area contributed by atoms with E-state index in [0.717, 1.165) is 19.4 Å². The molecule has 0 aliphatic carbocycles. The quantitative estimate of drug-likeness (QED) is 0.687. The Morgan fingerprint density at radius 2 is 1.94 bits per heavy atom. The van der Waals surface area contributed by atoms with Gasteiger partial charge in [-0.15, -0.1) is 0 Å². The number of hydrogen-bond acceptors (Lipinski definition) is 2. The minimum Gasteiger partial charge on any atom is -0.375 e. The predicted octanol–water partition coefficient (Wildman–Crippen LogP) is 2.88. The normalized spacial score (nSPS) is 12.9. The molecule has 0 bridgehead atoms. The topological polar surface area (TPSA) is 21.3 Å². The average molecular weight is 257 g/mol. The van der Waals surface area contributed by atoms with Gasteiger partial charge in [-0.2, -0.15) is 0 Å². The molecular formula is C14H21F2NO. The molecule has 1 aromatic rings. The van der Waals surface area contributed by atoms with Crippen LogP contribution in [0, 0.1) is 0 Å². The standard InChI is InChI=1S/C14H21F2NO/c1-2-17-13(8-9-18-11-14(15)16)10-12-6-4-3-5-7-12/h3-7,13-14,17H,2,8-11H2,1H3. The van der Waals surface area contributed by atoms with Crippen LogP contribution >= 0.6 is 0 Å². The summed E-state index contributed by atoms with van der Waals surface area (Å²) in [6, 6.07) is 10.4. The summed E-state index contributed by atoms with van der Waals surface area (Å²) in [6.07, 6.45) is -0.737. The molecule has 18 heavy (non-hydrogen) atoms. The summed E-state index contributed by atoms with van der Waals surface area (Å²) in [5.74, 6) is 0. The fraction of sp³-hybridized carbons (Fsp3) is 0.571. The van der Waals surface area contributed by atoms with E-state index in [1.54, 1.807) is 0 Å². The molecule has 1 atom stereocenters. The minimum atomic E-state index is -2.38. The first kappa shape index (κ1) is 15.1. The number of nitrogens with one attached hydrogen (secondary N) is 1. The molecule has 0 fully saturated rings. The van der Waals surface area contributed by atoms with Gasteiger partial charge in [0, 0.05) is 12.6 Å². The highest BCUT2D eigenvalue weighted by Gasteiger charge is 2.09. The van der Waals surface area contributed by atoms with E-state index < -0.39 is 13.0 Å². The second-order valence-corrected chi connectivity index (χ2v) is 4.20. The summed E-state index contributed by atoms with van der Waals surface area (Å²) in [4.78, 5) is 0. The number of rotatable bonds is 9. The second kappa shape index (κ2) is 9.00. The maximum atomic E-state index is 11.9. The number of likely N-dealkylation sites (N-methyl/N-ethyl adjacent to an activating group) is 1. The molecule has 1 N–H and O–H groups in total. The molecule has 0 aliphatic heterocycles. The van der Waals surface area contributed by atoms with Crippen molar-refractivity contribution in [3.8, 4) is 0 Å². The van der Waals surface area contributed by atoms with Gasteiger partial charge in [0.25, 0.3) is 6.43 Å². The molecule has 0 amide bonds. The van der Waals surface area contributed by atoms with Crippen LogP contribution in [0.15, 0.2) is 30.3 Å². The van der Waals surface area contributed by atoms with Crippen LogP contribution in [0.2, 0.25) is 0 Å². The molecule has 2 nitrogen and oxygen atoms in total. The Hall–Kier alpha value is -1.00. The third kappa shape index (κ3) is 6.67. The van der Waals surface area contributed by atoms with Crippen molar-refractivity contribution in [1.29, 1.82) is 0 Å². The third-order valence-electron chi connectivity index (χ3n) is 2.67. The van der Waals surface area contributed by atoms with Crippen molar-refractivity contribution in [1.82, 2.24) is 5.32 Å². The van der Waals surface area contributed by atoms with Crippen LogP contribution < -0.4 is 5.32 Å². The van der Waals surface area contributed by atoms with E-state index in [1.807, 2.05) is 25.1 Å². The fourth-order valence-electron chi connectivity index (χ4n) is 1.86. The van der Waals surface area contributed by atoms with Crippen LogP contribution in [-0.4, -0.2) is 32.2 Å². The van der Waals surface area contributed by atoms with Crippen LogP contribution in [0.25, 0.3) is 0 Å². The lowest BCUT2D eigenvalue weighted by molar-refractivity contribution is 0.0144. The van der Waals surface area contributed by atoms with Crippen LogP contribution in [0.4, 0.5) is 8.78 Å². The Bertz CT molecular complexity index is 306. The van der Waals surface area contributed by atoms with Gasteiger partial charge in [0.2, 0.25) is 0 Å². The molecule has 1 aromatic carbocycles. The van der Waals surface area contributed by atoms with E-state index in [1.165, 1.54) is 5.56 Å². The zero-order valence-electron chi connectivity index (χ0n) is 10.7. The monoisotopic (exact) mass is 257 g/mol. The number of halogens is 2. The van der Waals surface area contributed by atoms with Crippen molar-refractivity contribution in [3.63, 3.8) is 0 Å². The summed E-state index contributed by atoms with van der Waals surface area (Å²) in [7, 11) is 0. The molecule has 0 spiro atoms. The van der Waals surface area contributed by atoms with Crippen LogP contribution in [-0.2, 0) is 11.2 Å². The summed E-state index contributed by atoms with van der Waals surface area (Å²) >= 11 is 0. The minimum absolute atomic E-state index is 0.273. The molecule has 102 valence electrons. The molecular weight excluding hydrogens is 236 g/mol. The highest BCUT2D eigenvalue weighted by Crippen LogP contribution is 2.06. The van der Waals surface area contributed by atoms with Gasteiger partial charge in [-0.05, 0) is 24.9 Å². The second-order valence-electron chi connectivity index (χ2n) is 4.20. The first-order valence-corrected chi connectivity index (χ1v) is 6.35. The Morgan fingerprint density at radius 1 is 1.22 bits per heavy atom. The van der Waals surface area contributed by atoms with Crippen molar-refractivity contribution >= 4 is 0 Å². The summed E-state index contributed by atoms with van der Waals surface area (Å²) in [6.45, 7) is 2.81. The fourth-order valence-corrected chi connectivity index (χ4v) is 1.86. The van der Waals surface area contributed by atoms with Gasteiger partial charge in [0.05, 0.1) is 0 Å². The summed E-state index contributed by atoms with van der Waals surface area (Å²) < 4.78 is 28.7. The molecule has 0 aliphatic rings. The summed E-state index contributed by atoms with van der Waals surface area (Å²) in [5.41, 5.74) is 1.25. The van der Waals surface area contributed by atoms with Gasteiger partial charge < -0.3 is 10.1 Å². The van der Waals surface area contributed by atoms with E-state index in [9.17, 15) is 8.78 Å². The molecule has 0 radical (unpaired) electrons. The molecule has 0 heterocycles. The van der Waals surface area contributed by atoms with E-state index >= 15 is 0 Å². The van der Waals surface area contributed by atoms with Crippen molar-refractivity contribution in [3.05, 3.63) is 35.9 Å². The van der Waals surface area contributed by atoms with Crippen LogP contribution in [0.1, 0.15) is 18.9 Å². The third-order valence-corrected chi connectivity index (χ3v) is 2.67. The van der Waals surface area contributed by atoms with E-state index in [0.29, 0.717) is 6.61 Å². The Labute approximate surface area is 107 Å². The Kier molecular flexibility index (Phi) is 7.53. The predicted molar refractivity (Wildman–Crippen MR) is 69.1 cm³/mol. The van der Waals surface area contributed by atoms with Gasteiger partial charge in [-0.3, -0.25) is 0 Å². The maximum absolute atomic E-state index is 11.9. The Morgan fingerprint density at radius 3 is 2.56 bits per heavy atom. The molecule has 1 rings (SSSR count). The number of benzene rings is 1. The lowest BCUT2D eigenvalue weighted by Gasteiger charge is -2.18. The summed E-state index contributed by atoms with van der Waals surface area (Å²) in [5, 5.41) is 3.35. The van der Waals surface area contributed by atoms with Crippen LogP contribution in [0.5, 0.6) is 0 Å². The zero-order valence-corrected chi connectivity index (χ0v) is 10.7. The van der Waals surface area contributed by atoms with Crippen molar-refractivity contribution in [2.45, 2.75) is 32.2 Å². The van der Waals surface area contributed by atoms with Crippen molar-refractivity contribution in [2.75, 3.05) is 19.8 Å². The lowest BCUT2D eigenvalue weighted by atomic mass is 10.0. The average Bonchev–Trinajstić information content (AvgIpc) is 2.36. The number of ether oxygens (including phenoxy) is 1. The number of alkyl halides is 2. The van der Waals surface area contributed by atoms with Gasteiger partial charge in [0.15, 0.2) is 0 Å². The van der Waals surface area contributed by atoms with Gasteiger partial charge >= 0.3 is 0 Å². The largest absolute Gasteiger partial charge is 0.375 e. The zero-order chi connectivity index (χ0) is 13.2. The van der Waals surface area contributed by atoms with Crippen molar-refractivity contribution in [2.24, 2.45) is 0 Å². The number of hydrogen-bond donors (Lipinski definition) is 1. The SMILES string of the molecule is CCNC(CCOCC(F)F)Cc1ccccc1. The lowest BCUT2D eigenvalue weighted by Crippen LogP contribution is -2.32. The first-order chi connectivity index (χ1) is 8.72. The van der Waals surface area contributed by atoms with Gasteiger partial charge in [-0.25, -0.2) is 8.78 Å².